The van der Waals surface area contributed by atoms with Gasteiger partial charge in [0.15, 0.2) is 0 Å². The molecule has 5 rings (SSSR count). The van der Waals surface area contributed by atoms with Gasteiger partial charge in [0.1, 0.15) is 6.04 Å². The number of piperidine rings is 1. The highest BCUT2D eigenvalue weighted by Gasteiger charge is 2.40. The lowest BCUT2D eigenvalue weighted by Crippen LogP contribution is -2.59. The Labute approximate surface area is 231 Å². The van der Waals surface area contributed by atoms with Gasteiger partial charge in [0.25, 0.3) is 5.91 Å². The molecule has 7 nitrogen and oxygen atoms in total. The van der Waals surface area contributed by atoms with Crippen LogP contribution in [0.2, 0.25) is 0 Å². The van der Waals surface area contributed by atoms with Crippen molar-refractivity contribution >= 4 is 23.2 Å². The Balaban J connectivity index is 1.34. The van der Waals surface area contributed by atoms with Crippen LogP contribution in [0.25, 0.3) is 0 Å². The summed E-state index contributed by atoms with van der Waals surface area (Å²) in [4.78, 5) is 37.3. The molecule has 1 aliphatic heterocycles. The zero-order chi connectivity index (χ0) is 26.3. The standard InChI is InChI=1S/C30H43N5O2S/c31-24-10-12-25(13-11-24)33-29(36)28-18-26(14-16-35(28)30(37)23-8-4-15-32-19-23)34(21-27-9-5-17-38-27)20-22-6-2-1-3-7-22/h4-5,8-9,15,17,19,22,24-26,28H,1-3,6-7,10-14,16,18,20-21,31H2,(H,33,36)/t24?,25?,26?,28-/m1/s1. The average Bonchev–Trinajstić information content (AvgIpc) is 3.47. The number of amides is 2. The van der Waals surface area contributed by atoms with E-state index in [0.29, 0.717) is 18.5 Å². The van der Waals surface area contributed by atoms with Crippen molar-refractivity contribution in [3.8, 4) is 0 Å². The highest BCUT2D eigenvalue weighted by Crippen LogP contribution is 2.31. The van der Waals surface area contributed by atoms with E-state index in [-0.39, 0.29) is 29.9 Å². The number of nitrogens with two attached hydrogens (primary N) is 1. The highest BCUT2D eigenvalue weighted by atomic mass is 32.1. The topological polar surface area (TPSA) is 91.6 Å². The number of hydrogen-bond donors (Lipinski definition) is 2. The normalized spacial score (nSPS) is 26.8. The molecule has 1 unspecified atom stereocenters. The first kappa shape index (κ1) is 27.3. The van der Waals surface area contributed by atoms with Crippen LogP contribution in [0.4, 0.5) is 0 Å². The largest absolute Gasteiger partial charge is 0.352 e. The van der Waals surface area contributed by atoms with Gasteiger partial charge in [-0.05, 0) is 80.9 Å². The van der Waals surface area contributed by atoms with Gasteiger partial charge in [0.05, 0.1) is 5.56 Å². The molecule has 1 saturated heterocycles. The maximum atomic E-state index is 13.8. The Morgan fingerprint density at radius 3 is 2.58 bits per heavy atom. The first-order valence-corrected chi connectivity index (χ1v) is 15.5. The number of nitrogens with one attached hydrogen (secondary N) is 1. The van der Waals surface area contributed by atoms with E-state index in [2.05, 4.69) is 32.7 Å². The zero-order valence-electron chi connectivity index (χ0n) is 22.5. The molecule has 0 radical (unpaired) electrons. The van der Waals surface area contributed by atoms with Crippen LogP contribution in [0.1, 0.15) is 85.9 Å². The molecule has 2 saturated carbocycles. The molecule has 2 aromatic heterocycles. The van der Waals surface area contributed by atoms with Crippen LogP contribution in [0, 0.1) is 5.92 Å². The van der Waals surface area contributed by atoms with E-state index in [4.69, 9.17) is 5.73 Å². The van der Waals surface area contributed by atoms with Crippen molar-refractivity contribution in [2.75, 3.05) is 13.1 Å². The van der Waals surface area contributed by atoms with E-state index < -0.39 is 6.04 Å². The summed E-state index contributed by atoms with van der Waals surface area (Å²) in [5.74, 6) is 0.609. The summed E-state index contributed by atoms with van der Waals surface area (Å²) in [6, 6.07) is 8.09. The first-order valence-electron chi connectivity index (χ1n) is 14.6. The zero-order valence-corrected chi connectivity index (χ0v) is 23.3. The van der Waals surface area contributed by atoms with Crippen molar-refractivity contribution < 1.29 is 9.59 Å². The summed E-state index contributed by atoms with van der Waals surface area (Å²) in [5, 5.41) is 5.46. The van der Waals surface area contributed by atoms with Crippen LogP contribution < -0.4 is 11.1 Å². The maximum absolute atomic E-state index is 13.8. The number of likely N-dealkylation sites (tertiary alicyclic amines) is 1. The van der Waals surface area contributed by atoms with Crippen molar-refractivity contribution in [3.05, 3.63) is 52.5 Å². The van der Waals surface area contributed by atoms with Crippen LogP contribution in [-0.4, -0.2) is 63.9 Å². The van der Waals surface area contributed by atoms with E-state index in [1.807, 2.05) is 11.3 Å². The van der Waals surface area contributed by atoms with Crippen LogP contribution >= 0.6 is 11.3 Å². The van der Waals surface area contributed by atoms with Gasteiger partial charge in [0, 0.05) is 55.0 Å². The molecule has 2 aliphatic carbocycles. The third-order valence-electron chi connectivity index (χ3n) is 8.84. The lowest BCUT2D eigenvalue weighted by atomic mass is 9.87. The second-order valence-corrected chi connectivity index (χ2v) is 12.6. The Hall–Kier alpha value is -2.29. The average molecular weight is 538 g/mol. The van der Waals surface area contributed by atoms with E-state index in [1.54, 1.807) is 29.4 Å². The summed E-state index contributed by atoms with van der Waals surface area (Å²) in [6.45, 7) is 2.58. The fourth-order valence-corrected chi connectivity index (χ4v) is 7.36. The summed E-state index contributed by atoms with van der Waals surface area (Å²) in [6.07, 6.45) is 15.1. The number of pyridine rings is 1. The van der Waals surface area contributed by atoms with Crippen LogP contribution in [-0.2, 0) is 11.3 Å². The molecular formula is C30H43N5O2S. The number of hydrogen-bond acceptors (Lipinski definition) is 6. The van der Waals surface area contributed by atoms with Crippen molar-refractivity contribution in [1.29, 1.82) is 0 Å². The van der Waals surface area contributed by atoms with Gasteiger partial charge in [-0.25, -0.2) is 0 Å². The van der Waals surface area contributed by atoms with Crippen molar-refractivity contribution in [2.24, 2.45) is 11.7 Å². The third kappa shape index (κ3) is 7.01. The minimum atomic E-state index is -0.478. The second kappa shape index (κ2) is 13.2. The van der Waals surface area contributed by atoms with Gasteiger partial charge in [-0.3, -0.25) is 19.5 Å². The van der Waals surface area contributed by atoms with Gasteiger partial charge in [0.2, 0.25) is 5.91 Å². The molecule has 38 heavy (non-hydrogen) atoms. The molecule has 3 aliphatic rings. The molecule has 8 heteroatoms. The summed E-state index contributed by atoms with van der Waals surface area (Å²) >= 11 is 1.81. The molecule has 0 spiro atoms. The monoisotopic (exact) mass is 537 g/mol. The molecule has 0 aromatic carbocycles. The predicted octanol–water partition coefficient (Wildman–Crippen LogP) is 4.58. The van der Waals surface area contributed by atoms with Gasteiger partial charge < -0.3 is 16.0 Å². The van der Waals surface area contributed by atoms with Crippen molar-refractivity contribution in [2.45, 2.75) is 101 Å². The maximum Gasteiger partial charge on any atom is 0.256 e. The van der Waals surface area contributed by atoms with E-state index >= 15 is 0 Å². The second-order valence-electron chi connectivity index (χ2n) is 11.6. The molecule has 206 valence electrons. The lowest BCUT2D eigenvalue weighted by Gasteiger charge is -2.44. The Morgan fingerprint density at radius 2 is 1.87 bits per heavy atom. The quantitative estimate of drug-likeness (QED) is 0.514. The van der Waals surface area contributed by atoms with E-state index in [1.165, 1.54) is 37.0 Å². The molecule has 0 bridgehead atoms. The SMILES string of the molecule is NC1CCC(NC(=O)[C@H]2CC(N(Cc3cccs3)CC3CCCCC3)CCN2C(=O)c2cccnc2)CC1. The van der Waals surface area contributed by atoms with Gasteiger partial charge in [-0.15, -0.1) is 11.3 Å². The fraction of sp³-hybridized carbons (Fsp3) is 0.633. The Bertz CT molecular complexity index is 1020. The van der Waals surface area contributed by atoms with E-state index in [0.717, 1.165) is 51.1 Å². The molecular weight excluding hydrogens is 494 g/mol. The van der Waals surface area contributed by atoms with Crippen molar-refractivity contribution in [1.82, 2.24) is 20.1 Å². The first-order chi connectivity index (χ1) is 18.6. The fourth-order valence-electron chi connectivity index (χ4n) is 6.63. The number of rotatable bonds is 8. The molecule has 3 heterocycles. The number of nitrogens with zero attached hydrogens (tertiary/aromatic N) is 3. The molecule has 3 N–H and O–H groups in total. The minimum absolute atomic E-state index is 0.0128. The van der Waals surface area contributed by atoms with Crippen LogP contribution in [0.5, 0.6) is 0 Å². The third-order valence-corrected chi connectivity index (χ3v) is 9.70. The van der Waals surface area contributed by atoms with Gasteiger partial charge >= 0.3 is 0 Å². The number of carbonyl (C=O) groups is 2. The Morgan fingerprint density at radius 1 is 1.05 bits per heavy atom. The van der Waals surface area contributed by atoms with Crippen LogP contribution in [0.3, 0.4) is 0 Å². The summed E-state index contributed by atoms with van der Waals surface area (Å²) in [7, 11) is 0. The molecule has 2 aromatic rings. The molecule has 2 amide bonds. The number of thiophene rings is 1. The van der Waals surface area contributed by atoms with Gasteiger partial charge in [-0.1, -0.05) is 25.3 Å². The smallest absolute Gasteiger partial charge is 0.256 e. The summed E-state index contributed by atoms with van der Waals surface area (Å²) < 4.78 is 0. The number of aromatic nitrogens is 1. The molecule has 3 fully saturated rings. The van der Waals surface area contributed by atoms with Crippen LogP contribution in [0.15, 0.2) is 42.0 Å². The minimum Gasteiger partial charge on any atom is -0.352 e. The number of carbonyl (C=O) groups excluding carboxylic acids is 2. The highest BCUT2D eigenvalue weighted by molar-refractivity contribution is 7.09. The lowest BCUT2D eigenvalue weighted by molar-refractivity contribution is -0.128. The predicted molar refractivity (Wildman–Crippen MR) is 152 cm³/mol. The Kier molecular flexibility index (Phi) is 9.46. The van der Waals surface area contributed by atoms with Crippen molar-refractivity contribution in [3.63, 3.8) is 0 Å². The van der Waals surface area contributed by atoms with Gasteiger partial charge in [-0.2, -0.15) is 0 Å². The molecule has 2 atom stereocenters. The van der Waals surface area contributed by atoms with E-state index in [9.17, 15) is 9.59 Å². The summed E-state index contributed by atoms with van der Waals surface area (Å²) in [5.41, 5.74) is 6.65.